The third-order valence-corrected chi connectivity index (χ3v) is 2.28. The molecule has 0 saturated carbocycles. The van der Waals surface area contributed by atoms with E-state index in [4.69, 9.17) is 0 Å². The van der Waals surface area contributed by atoms with Gasteiger partial charge in [0.05, 0.1) is 18.7 Å². The van der Waals surface area contributed by atoms with Gasteiger partial charge in [0.15, 0.2) is 5.82 Å². The Morgan fingerprint density at radius 2 is 2.41 bits per heavy atom. The number of nitrogens with one attached hydrogen (secondary N) is 2. The van der Waals surface area contributed by atoms with Gasteiger partial charge in [-0.05, 0) is 18.6 Å². The molecule has 2 rings (SSSR count). The van der Waals surface area contributed by atoms with Crippen molar-refractivity contribution < 1.29 is 4.79 Å². The van der Waals surface area contributed by atoms with Gasteiger partial charge in [-0.1, -0.05) is 11.3 Å². The van der Waals surface area contributed by atoms with Gasteiger partial charge in [0, 0.05) is 6.20 Å². The number of pyridine rings is 1. The number of rotatable bonds is 4. The lowest BCUT2D eigenvalue weighted by atomic mass is 10.1. The number of aromatic amines is 1. The zero-order chi connectivity index (χ0) is 12.1. The maximum Gasteiger partial charge on any atom is 0.226 e. The predicted octanol–water partition coefficient (Wildman–Crippen LogP) is -0.238. The van der Waals surface area contributed by atoms with Crippen LogP contribution in [0.1, 0.15) is 17.1 Å². The van der Waals surface area contributed by atoms with Gasteiger partial charge < -0.3 is 5.32 Å². The summed E-state index contributed by atoms with van der Waals surface area (Å²) in [6.07, 6.45) is 1.93. The minimum absolute atomic E-state index is 0.114. The molecule has 1 amide bonds. The molecule has 2 N–H and O–H groups in total. The number of H-pyrrole nitrogens is 1. The van der Waals surface area contributed by atoms with E-state index in [1.54, 1.807) is 6.20 Å². The molecule has 0 aliphatic heterocycles. The summed E-state index contributed by atoms with van der Waals surface area (Å²) < 4.78 is 0. The van der Waals surface area contributed by atoms with Crippen LogP contribution in [0, 0.1) is 6.92 Å². The molecule has 2 heterocycles. The highest BCUT2D eigenvalue weighted by Gasteiger charge is 2.07. The van der Waals surface area contributed by atoms with Crippen LogP contribution in [0.2, 0.25) is 0 Å². The quantitative estimate of drug-likeness (QED) is 0.758. The molecule has 2 aromatic rings. The van der Waals surface area contributed by atoms with Crippen LogP contribution in [0.15, 0.2) is 18.3 Å². The van der Waals surface area contributed by atoms with E-state index < -0.39 is 0 Å². The smallest absolute Gasteiger partial charge is 0.226 e. The summed E-state index contributed by atoms with van der Waals surface area (Å²) in [5.74, 6) is 0.340. The third-order valence-electron chi connectivity index (χ3n) is 2.28. The van der Waals surface area contributed by atoms with E-state index in [-0.39, 0.29) is 18.9 Å². The van der Waals surface area contributed by atoms with Crippen molar-refractivity contribution in [3.63, 3.8) is 0 Å². The molecule has 2 aromatic heterocycles. The molecule has 0 radical (unpaired) electrons. The molecule has 0 aromatic carbocycles. The summed E-state index contributed by atoms with van der Waals surface area (Å²) in [5, 5.41) is 15.9. The van der Waals surface area contributed by atoms with Gasteiger partial charge in [0.25, 0.3) is 0 Å². The Balaban J connectivity index is 1.87. The molecular formula is C10H12N6O. The van der Waals surface area contributed by atoms with Crippen molar-refractivity contribution >= 4 is 5.91 Å². The Morgan fingerprint density at radius 3 is 3.12 bits per heavy atom. The number of hydrogen-bond acceptors (Lipinski definition) is 5. The number of amides is 1. The number of aryl methyl sites for hydroxylation is 1. The number of aromatic nitrogens is 5. The van der Waals surface area contributed by atoms with Gasteiger partial charge in [0.2, 0.25) is 5.91 Å². The zero-order valence-corrected chi connectivity index (χ0v) is 9.34. The SMILES string of the molecule is Cc1cccnc1CC(=O)NCc1nn[nH]n1. The minimum Gasteiger partial charge on any atom is -0.348 e. The highest BCUT2D eigenvalue weighted by Crippen LogP contribution is 2.03. The number of carbonyl (C=O) groups excluding carboxylic acids is 1. The van der Waals surface area contributed by atoms with Crippen molar-refractivity contribution in [3.8, 4) is 0 Å². The summed E-state index contributed by atoms with van der Waals surface area (Å²) >= 11 is 0. The molecule has 17 heavy (non-hydrogen) atoms. The number of tetrazole rings is 1. The summed E-state index contributed by atoms with van der Waals surface area (Å²) in [5.41, 5.74) is 1.78. The van der Waals surface area contributed by atoms with Crippen molar-refractivity contribution in [2.45, 2.75) is 19.9 Å². The maximum atomic E-state index is 11.6. The highest BCUT2D eigenvalue weighted by molar-refractivity contribution is 5.78. The average molecular weight is 232 g/mol. The zero-order valence-electron chi connectivity index (χ0n) is 9.34. The van der Waals surface area contributed by atoms with E-state index in [9.17, 15) is 4.79 Å². The van der Waals surface area contributed by atoms with E-state index in [1.807, 2.05) is 19.1 Å². The standard InChI is InChI=1S/C10H12N6O/c1-7-3-2-4-11-8(7)5-10(17)12-6-9-13-15-16-14-9/h2-4H,5-6H2,1H3,(H,12,17)(H,13,14,15,16). The van der Waals surface area contributed by atoms with Crippen molar-refractivity contribution in [1.29, 1.82) is 0 Å². The number of nitrogens with zero attached hydrogens (tertiary/aromatic N) is 4. The molecule has 0 aliphatic carbocycles. The predicted molar refractivity (Wildman–Crippen MR) is 58.7 cm³/mol. The Labute approximate surface area is 97.7 Å². The first-order chi connectivity index (χ1) is 8.25. The van der Waals surface area contributed by atoms with E-state index in [2.05, 4.69) is 30.9 Å². The normalized spacial score (nSPS) is 10.2. The molecule has 88 valence electrons. The summed E-state index contributed by atoms with van der Waals surface area (Å²) in [4.78, 5) is 15.8. The van der Waals surface area contributed by atoms with Crippen LogP contribution < -0.4 is 5.32 Å². The number of carbonyl (C=O) groups is 1. The maximum absolute atomic E-state index is 11.6. The van der Waals surface area contributed by atoms with Crippen LogP contribution in [0.4, 0.5) is 0 Å². The van der Waals surface area contributed by atoms with Gasteiger partial charge >= 0.3 is 0 Å². The van der Waals surface area contributed by atoms with Crippen LogP contribution in [0.3, 0.4) is 0 Å². The summed E-state index contributed by atoms with van der Waals surface area (Å²) in [6, 6.07) is 3.77. The molecule has 0 aliphatic rings. The Morgan fingerprint density at radius 1 is 1.53 bits per heavy atom. The van der Waals surface area contributed by atoms with E-state index >= 15 is 0 Å². The van der Waals surface area contributed by atoms with Gasteiger partial charge in [-0.15, -0.1) is 10.2 Å². The first-order valence-corrected chi connectivity index (χ1v) is 5.15. The third kappa shape index (κ3) is 3.07. The molecule has 0 atom stereocenters. The summed E-state index contributed by atoms with van der Waals surface area (Å²) in [7, 11) is 0. The van der Waals surface area contributed by atoms with Crippen molar-refractivity contribution in [2.75, 3.05) is 0 Å². The fourth-order valence-corrected chi connectivity index (χ4v) is 1.35. The van der Waals surface area contributed by atoms with E-state index in [1.165, 1.54) is 0 Å². The minimum atomic E-state index is -0.114. The Hall–Kier alpha value is -2.31. The average Bonchev–Trinajstić information content (AvgIpc) is 2.82. The molecule has 0 fully saturated rings. The summed E-state index contributed by atoms with van der Waals surface area (Å²) in [6.45, 7) is 2.19. The lowest BCUT2D eigenvalue weighted by Gasteiger charge is -2.04. The second kappa shape index (κ2) is 5.15. The van der Waals surface area contributed by atoms with Crippen LogP contribution in [0.5, 0.6) is 0 Å². The van der Waals surface area contributed by atoms with Gasteiger partial charge in [-0.25, -0.2) is 0 Å². The Bertz CT molecular complexity index is 495. The van der Waals surface area contributed by atoms with Crippen LogP contribution >= 0.6 is 0 Å². The van der Waals surface area contributed by atoms with Crippen molar-refractivity contribution in [2.24, 2.45) is 0 Å². The fourth-order valence-electron chi connectivity index (χ4n) is 1.35. The van der Waals surface area contributed by atoms with Crippen LogP contribution in [-0.2, 0) is 17.8 Å². The lowest BCUT2D eigenvalue weighted by Crippen LogP contribution is -2.25. The molecule has 7 nitrogen and oxygen atoms in total. The first-order valence-electron chi connectivity index (χ1n) is 5.15. The first kappa shape index (κ1) is 11.2. The van der Waals surface area contributed by atoms with Crippen molar-refractivity contribution in [3.05, 3.63) is 35.4 Å². The molecule has 0 bridgehead atoms. The Kier molecular flexibility index (Phi) is 3.39. The fraction of sp³-hybridized carbons (Fsp3) is 0.300. The highest BCUT2D eigenvalue weighted by atomic mass is 16.1. The monoisotopic (exact) mass is 232 g/mol. The van der Waals surface area contributed by atoms with E-state index in [0.29, 0.717) is 5.82 Å². The van der Waals surface area contributed by atoms with Crippen molar-refractivity contribution in [1.82, 2.24) is 30.9 Å². The second-order valence-corrected chi connectivity index (χ2v) is 3.55. The van der Waals surface area contributed by atoms with Crippen LogP contribution in [0.25, 0.3) is 0 Å². The molecule has 0 saturated heterocycles. The van der Waals surface area contributed by atoms with Gasteiger partial charge in [-0.3, -0.25) is 9.78 Å². The van der Waals surface area contributed by atoms with Gasteiger partial charge in [-0.2, -0.15) is 5.21 Å². The molecule has 7 heteroatoms. The topological polar surface area (TPSA) is 96.5 Å². The van der Waals surface area contributed by atoms with Gasteiger partial charge in [0.1, 0.15) is 0 Å². The second-order valence-electron chi connectivity index (χ2n) is 3.55. The van der Waals surface area contributed by atoms with E-state index in [0.717, 1.165) is 11.3 Å². The lowest BCUT2D eigenvalue weighted by molar-refractivity contribution is -0.120. The largest absolute Gasteiger partial charge is 0.348 e. The molecule has 0 spiro atoms. The molecule has 0 unspecified atom stereocenters. The molecular weight excluding hydrogens is 220 g/mol. The van der Waals surface area contributed by atoms with Crippen LogP contribution in [-0.4, -0.2) is 31.5 Å². The number of hydrogen-bond donors (Lipinski definition) is 2.